The van der Waals surface area contributed by atoms with E-state index in [9.17, 15) is 31.9 Å². The molecule has 44 heavy (non-hydrogen) atoms. The summed E-state index contributed by atoms with van der Waals surface area (Å²) in [5.74, 6) is -6.40. The second kappa shape index (κ2) is 12.3. The minimum atomic E-state index is -4.61. The van der Waals surface area contributed by atoms with Crippen LogP contribution in [-0.4, -0.2) is 30.9 Å². The van der Waals surface area contributed by atoms with Crippen LogP contribution in [-0.2, 0) is 30.0 Å². The maximum atomic E-state index is 14.6. The number of esters is 2. The predicted octanol–water partition coefficient (Wildman–Crippen LogP) is 6.43. The largest absolute Gasteiger partial charge is 0.465 e. The van der Waals surface area contributed by atoms with E-state index >= 15 is 0 Å². The van der Waals surface area contributed by atoms with E-state index in [1.807, 2.05) is 0 Å². The van der Waals surface area contributed by atoms with Crippen molar-refractivity contribution >= 4 is 34.7 Å². The molecule has 2 aromatic carbocycles. The van der Waals surface area contributed by atoms with Crippen LogP contribution in [0.25, 0.3) is 0 Å². The van der Waals surface area contributed by atoms with Gasteiger partial charge in [0.2, 0.25) is 0 Å². The summed E-state index contributed by atoms with van der Waals surface area (Å²) >= 11 is 1.33. The molecule has 7 nitrogen and oxygen atoms in total. The summed E-state index contributed by atoms with van der Waals surface area (Å²) in [5.41, 5.74) is 6.19. The first-order valence-corrected chi connectivity index (χ1v) is 14.7. The minimum Gasteiger partial charge on any atom is -0.465 e. The van der Waals surface area contributed by atoms with Crippen molar-refractivity contribution in [3.05, 3.63) is 111 Å². The van der Waals surface area contributed by atoms with Crippen LogP contribution in [0.3, 0.4) is 0 Å². The molecule has 0 bridgehead atoms. The number of Topliss-reactive ketones (excluding diaryl/α,β-unsaturated/α-hetero) is 1. The standard InChI is InChI=1S/C32H28F4N2O5S/c1-3-42-30(40)25-21(23-9-6-14-44-23)16-22-26(28(25)39)24(17-7-5-8-19(33)15-17)27(31(41)43-4-2)29(37)38(22)20-12-10-18(11-13-20)32(34,35)36/h5-15,21,24-25H,3-4,16,37H2,1-2H3/t21-,24-,25-/m0/s1. The number of carbonyl (C=O) groups is 3. The Hall–Kier alpha value is -4.45. The molecule has 0 radical (unpaired) electrons. The van der Waals surface area contributed by atoms with Gasteiger partial charge in [-0.15, -0.1) is 11.3 Å². The highest BCUT2D eigenvalue weighted by molar-refractivity contribution is 7.10. The van der Waals surface area contributed by atoms with Gasteiger partial charge in [0.25, 0.3) is 0 Å². The quantitative estimate of drug-likeness (QED) is 0.183. The third-order valence-electron chi connectivity index (χ3n) is 7.62. The fraction of sp³-hybridized carbons (Fsp3) is 0.281. The average molecular weight is 629 g/mol. The Bertz CT molecular complexity index is 1650. The van der Waals surface area contributed by atoms with Crippen LogP contribution in [0.4, 0.5) is 23.2 Å². The van der Waals surface area contributed by atoms with Gasteiger partial charge in [0.15, 0.2) is 5.78 Å². The average Bonchev–Trinajstić information content (AvgIpc) is 3.51. The van der Waals surface area contributed by atoms with Gasteiger partial charge in [0.1, 0.15) is 17.6 Å². The van der Waals surface area contributed by atoms with E-state index < -0.39 is 53.0 Å². The molecule has 2 heterocycles. The highest BCUT2D eigenvalue weighted by atomic mass is 32.1. The number of hydrogen-bond donors (Lipinski definition) is 1. The Balaban J connectivity index is 1.81. The Morgan fingerprint density at radius 2 is 1.73 bits per heavy atom. The molecule has 1 aliphatic carbocycles. The van der Waals surface area contributed by atoms with Gasteiger partial charge in [0.05, 0.1) is 30.3 Å². The fourth-order valence-corrected chi connectivity index (χ4v) is 6.69. The molecular weight excluding hydrogens is 600 g/mol. The summed E-state index contributed by atoms with van der Waals surface area (Å²) in [6.45, 7) is 3.14. The molecule has 1 aliphatic heterocycles. The number of halogens is 4. The maximum absolute atomic E-state index is 14.6. The summed E-state index contributed by atoms with van der Waals surface area (Å²) in [5, 5.41) is 1.79. The molecular formula is C32H28F4N2O5S. The van der Waals surface area contributed by atoms with E-state index in [-0.39, 0.29) is 53.5 Å². The van der Waals surface area contributed by atoms with Crippen molar-refractivity contribution in [2.24, 2.45) is 11.7 Å². The van der Waals surface area contributed by atoms with Crippen molar-refractivity contribution in [1.29, 1.82) is 0 Å². The summed E-state index contributed by atoms with van der Waals surface area (Å²) in [6, 6.07) is 13.0. The lowest BCUT2D eigenvalue weighted by atomic mass is 9.68. The molecule has 0 saturated carbocycles. The first-order valence-electron chi connectivity index (χ1n) is 13.8. The summed E-state index contributed by atoms with van der Waals surface area (Å²) < 4.78 is 65.6. The van der Waals surface area contributed by atoms with E-state index in [1.54, 1.807) is 31.4 Å². The van der Waals surface area contributed by atoms with E-state index in [0.717, 1.165) is 18.2 Å². The third-order valence-corrected chi connectivity index (χ3v) is 8.62. The number of thiophene rings is 1. The second-order valence-electron chi connectivity index (χ2n) is 10.2. The third kappa shape index (κ3) is 5.61. The zero-order valence-electron chi connectivity index (χ0n) is 23.7. The molecule has 0 unspecified atom stereocenters. The number of allylic oxidation sites excluding steroid dienone is 2. The first kappa shape index (κ1) is 31.0. The molecule has 2 aliphatic rings. The summed E-state index contributed by atoms with van der Waals surface area (Å²) in [4.78, 5) is 43.6. The lowest BCUT2D eigenvalue weighted by Gasteiger charge is -2.43. The van der Waals surface area contributed by atoms with E-state index in [1.165, 1.54) is 46.6 Å². The molecule has 3 atom stereocenters. The van der Waals surface area contributed by atoms with Gasteiger partial charge in [0, 0.05) is 27.8 Å². The Morgan fingerprint density at radius 3 is 2.32 bits per heavy atom. The van der Waals surface area contributed by atoms with Crippen molar-refractivity contribution in [2.75, 3.05) is 18.1 Å². The van der Waals surface area contributed by atoms with Crippen molar-refractivity contribution in [1.82, 2.24) is 0 Å². The van der Waals surface area contributed by atoms with Crippen molar-refractivity contribution in [3.8, 4) is 0 Å². The monoisotopic (exact) mass is 628 g/mol. The number of anilines is 1. The molecule has 0 fully saturated rings. The normalized spacial score (nSPS) is 20.5. The van der Waals surface area contributed by atoms with Crippen molar-refractivity contribution in [3.63, 3.8) is 0 Å². The predicted molar refractivity (Wildman–Crippen MR) is 155 cm³/mol. The van der Waals surface area contributed by atoms with Crippen LogP contribution in [0.15, 0.2) is 88.7 Å². The Kier molecular flexibility index (Phi) is 8.64. The number of hydrogen-bond acceptors (Lipinski definition) is 8. The Morgan fingerprint density at radius 1 is 1.02 bits per heavy atom. The van der Waals surface area contributed by atoms with Crippen LogP contribution in [0.5, 0.6) is 0 Å². The molecule has 1 aromatic heterocycles. The van der Waals surface area contributed by atoms with Gasteiger partial charge < -0.3 is 15.2 Å². The number of ketones is 1. The van der Waals surface area contributed by atoms with Crippen LogP contribution < -0.4 is 10.6 Å². The number of carbonyl (C=O) groups excluding carboxylic acids is 3. The SMILES string of the molecule is CCOC(=O)C1=C(N)N(c2ccc(C(F)(F)F)cc2)C2=C(C(=O)[C@@H](C(=O)OCC)[C@H](c3cccs3)C2)[C@@H]1c1cccc(F)c1. The zero-order chi connectivity index (χ0) is 31.8. The lowest BCUT2D eigenvalue weighted by molar-refractivity contribution is -0.152. The number of nitrogens with two attached hydrogens (primary N) is 1. The molecule has 0 amide bonds. The van der Waals surface area contributed by atoms with Gasteiger partial charge in [-0.3, -0.25) is 14.5 Å². The van der Waals surface area contributed by atoms with Gasteiger partial charge in [-0.05, 0) is 73.7 Å². The molecule has 3 aromatic rings. The molecule has 230 valence electrons. The van der Waals surface area contributed by atoms with Crippen LogP contribution >= 0.6 is 11.3 Å². The summed E-state index contributed by atoms with van der Waals surface area (Å²) in [7, 11) is 0. The molecule has 0 saturated heterocycles. The molecule has 12 heteroatoms. The van der Waals surface area contributed by atoms with Gasteiger partial charge in [-0.25, -0.2) is 9.18 Å². The maximum Gasteiger partial charge on any atom is 0.416 e. The minimum absolute atomic E-state index is 0.0115. The highest BCUT2D eigenvalue weighted by Crippen LogP contribution is 2.52. The lowest BCUT2D eigenvalue weighted by Crippen LogP contribution is -2.46. The first-order chi connectivity index (χ1) is 21.0. The molecule has 0 spiro atoms. The summed E-state index contributed by atoms with van der Waals surface area (Å²) in [6.07, 6.45) is -4.57. The topological polar surface area (TPSA) is 98.9 Å². The zero-order valence-corrected chi connectivity index (χ0v) is 24.5. The van der Waals surface area contributed by atoms with E-state index in [2.05, 4.69) is 0 Å². The molecule has 2 N–H and O–H groups in total. The van der Waals surface area contributed by atoms with E-state index in [4.69, 9.17) is 15.2 Å². The van der Waals surface area contributed by atoms with Gasteiger partial charge in [-0.1, -0.05) is 18.2 Å². The van der Waals surface area contributed by atoms with Crippen LogP contribution in [0, 0.1) is 11.7 Å². The number of ether oxygens (including phenoxy) is 2. The number of nitrogens with zero attached hydrogens (tertiary/aromatic N) is 1. The van der Waals surface area contributed by atoms with E-state index in [0.29, 0.717) is 4.88 Å². The van der Waals surface area contributed by atoms with Crippen LogP contribution in [0.2, 0.25) is 0 Å². The number of alkyl halides is 3. The highest BCUT2D eigenvalue weighted by Gasteiger charge is 2.51. The van der Waals surface area contributed by atoms with Gasteiger partial charge in [-0.2, -0.15) is 13.2 Å². The molecule has 5 rings (SSSR count). The van der Waals surface area contributed by atoms with Crippen LogP contribution in [0.1, 0.15) is 48.1 Å². The van der Waals surface area contributed by atoms with Crippen molar-refractivity contribution in [2.45, 2.75) is 38.3 Å². The number of rotatable bonds is 7. The second-order valence-corrected chi connectivity index (χ2v) is 11.1. The Labute approximate surface area is 254 Å². The number of benzene rings is 2. The fourth-order valence-electron chi connectivity index (χ4n) is 5.82. The smallest absolute Gasteiger partial charge is 0.416 e. The van der Waals surface area contributed by atoms with Crippen molar-refractivity contribution < 1.29 is 41.4 Å². The van der Waals surface area contributed by atoms with Gasteiger partial charge >= 0.3 is 18.1 Å².